The second-order valence-corrected chi connectivity index (χ2v) is 4.23. The maximum atomic E-state index is 5.78. The number of rotatable bonds is 9. The average Bonchev–Trinajstić information content (AvgIpc) is 2.19. The molecule has 0 radical (unpaired) electrons. The van der Waals surface area contributed by atoms with E-state index in [0.29, 0.717) is 6.54 Å². The molecule has 0 saturated carbocycles. The molecule has 0 aliphatic heterocycles. The van der Waals surface area contributed by atoms with Gasteiger partial charge in [-0.3, -0.25) is 0 Å². The van der Waals surface area contributed by atoms with E-state index in [0.717, 1.165) is 13.0 Å². The number of hydrogen-bond acceptors (Lipinski definition) is 2. The van der Waals surface area contributed by atoms with Crippen LogP contribution in [0.2, 0.25) is 0 Å². The first-order valence-corrected chi connectivity index (χ1v) is 5.74. The van der Waals surface area contributed by atoms with Crippen molar-refractivity contribution in [2.24, 2.45) is 5.73 Å². The van der Waals surface area contributed by atoms with E-state index < -0.39 is 0 Å². The maximum Gasteiger partial charge on any atom is 0.0275 e. The van der Waals surface area contributed by atoms with Crippen molar-refractivity contribution in [3.8, 4) is 0 Å². The highest BCUT2D eigenvalue weighted by Gasteiger charge is 2.19. The van der Waals surface area contributed by atoms with Crippen LogP contribution in [0, 0.1) is 0 Å². The standard InChI is InChI=1S/C12H26N2/c1-4-6-8-9-12(3,11-13)14-10-7-5-2/h5,14H,2,4,6-11,13H2,1,3H3. The molecule has 3 N–H and O–H groups in total. The molecule has 14 heavy (non-hydrogen) atoms. The summed E-state index contributed by atoms with van der Waals surface area (Å²) in [6.45, 7) is 9.86. The highest BCUT2D eigenvalue weighted by atomic mass is 15.0. The Morgan fingerprint density at radius 1 is 1.43 bits per heavy atom. The van der Waals surface area contributed by atoms with Gasteiger partial charge in [0.2, 0.25) is 0 Å². The molecule has 0 saturated heterocycles. The molecule has 0 heterocycles. The van der Waals surface area contributed by atoms with Crippen LogP contribution in [-0.2, 0) is 0 Å². The summed E-state index contributed by atoms with van der Waals surface area (Å²) in [7, 11) is 0. The fraction of sp³-hybridized carbons (Fsp3) is 0.833. The van der Waals surface area contributed by atoms with Gasteiger partial charge in [-0.2, -0.15) is 0 Å². The molecule has 1 unspecified atom stereocenters. The van der Waals surface area contributed by atoms with Crippen molar-refractivity contribution in [2.45, 2.75) is 51.5 Å². The minimum Gasteiger partial charge on any atom is -0.329 e. The third kappa shape index (κ3) is 6.17. The molecule has 0 spiro atoms. The summed E-state index contributed by atoms with van der Waals surface area (Å²) in [5.41, 5.74) is 5.91. The van der Waals surface area contributed by atoms with Gasteiger partial charge < -0.3 is 11.1 Å². The molecule has 2 nitrogen and oxygen atoms in total. The largest absolute Gasteiger partial charge is 0.329 e. The Labute approximate surface area is 89.0 Å². The third-order valence-electron chi connectivity index (χ3n) is 2.68. The molecule has 0 aliphatic rings. The summed E-state index contributed by atoms with van der Waals surface area (Å²) in [4.78, 5) is 0. The fourth-order valence-corrected chi connectivity index (χ4v) is 1.50. The van der Waals surface area contributed by atoms with Crippen molar-refractivity contribution in [1.82, 2.24) is 5.32 Å². The van der Waals surface area contributed by atoms with Gasteiger partial charge in [-0.15, -0.1) is 6.58 Å². The molecule has 84 valence electrons. The van der Waals surface area contributed by atoms with Gasteiger partial charge in [-0.25, -0.2) is 0 Å². The van der Waals surface area contributed by atoms with Crippen molar-refractivity contribution in [3.63, 3.8) is 0 Å². The van der Waals surface area contributed by atoms with Crippen LogP contribution in [0.1, 0.15) is 46.0 Å². The van der Waals surface area contributed by atoms with E-state index in [1.165, 1.54) is 25.7 Å². The molecular formula is C12H26N2. The van der Waals surface area contributed by atoms with Gasteiger partial charge in [-0.05, 0) is 26.3 Å². The Balaban J connectivity index is 3.72. The van der Waals surface area contributed by atoms with Crippen molar-refractivity contribution < 1.29 is 0 Å². The van der Waals surface area contributed by atoms with E-state index in [1.54, 1.807) is 0 Å². The lowest BCUT2D eigenvalue weighted by Gasteiger charge is -2.29. The van der Waals surface area contributed by atoms with Crippen LogP contribution in [-0.4, -0.2) is 18.6 Å². The smallest absolute Gasteiger partial charge is 0.0275 e. The first kappa shape index (κ1) is 13.7. The Bertz CT molecular complexity index is 145. The quantitative estimate of drug-likeness (QED) is 0.441. The first-order valence-electron chi connectivity index (χ1n) is 5.74. The van der Waals surface area contributed by atoms with Crippen molar-refractivity contribution in [1.29, 1.82) is 0 Å². The summed E-state index contributed by atoms with van der Waals surface area (Å²) >= 11 is 0. The lowest BCUT2D eigenvalue weighted by Crippen LogP contribution is -2.48. The lowest BCUT2D eigenvalue weighted by atomic mass is 9.94. The SMILES string of the molecule is C=CCCNC(C)(CN)CCCCC. The van der Waals surface area contributed by atoms with Crippen molar-refractivity contribution in [2.75, 3.05) is 13.1 Å². The van der Waals surface area contributed by atoms with Crippen LogP contribution >= 0.6 is 0 Å². The van der Waals surface area contributed by atoms with Crippen LogP contribution in [0.3, 0.4) is 0 Å². The molecule has 0 amide bonds. The highest BCUT2D eigenvalue weighted by Crippen LogP contribution is 2.13. The minimum absolute atomic E-state index is 0.123. The van der Waals surface area contributed by atoms with Gasteiger partial charge in [-0.1, -0.05) is 32.3 Å². The zero-order chi connectivity index (χ0) is 10.9. The van der Waals surface area contributed by atoms with E-state index in [2.05, 4.69) is 25.7 Å². The van der Waals surface area contributed by atoms with E-state index in [1.807, 2.05) is 6.08 Å². The van der Waals surface area contributed by atoms with Crippen LogP contribution < -0.4 is 11.1 Å². The van der Waals surface area contributed by atoms with E-state index in [9.17, 15) is 0 Å². The molecule has 0 aromatic carbocycles. The number of hydrogen-bond donors (Lipinski definition) is 2. The summed E-state index contributed by atoms with van der Waals surface area (Å²) < 4.78 is 0. The van der Waals surface area contributed by atoms with E-state index >= 15 is 0 Å². The second kappa shape index (κ2) is 8.01. The number of nitrogens with one attached hydrogen (secondary N) is 1. The van der Waals surface area contributed by atoms with Crippen LogP contribution in [0.5, 0.6) is 0 Å². The van der Waals surface area contributed by atoms with Crippen molar-refractivity contribution >= 4 is 0 Å². The first-order chi connectivity index (χ1) is 6.68. The Kier molecular flexibility index (Phi) is 7.81. The Morgan fingerprint density at radius 2 is 2.14 bits per heavy atom. The lowest BCUT2D eigenvalue weighted by molar-refractivity contribution is 0.331. The van der Waals surface area contributed by atoms with Gasteiger partial charge in [0.05, 0.1) is 0 Å². The van der Waals surface area contributed by atoms with Crippen molar-refractivity contribution in [3.05, 3.63) is 12.7 Å². The highest BCUT2D eigenvalue weighted by molar-refractivity contribution is 4.85. The summed E-state index contributed by atoms with van der Waals surface area (Å²) in [5.74, 6) is 0. The summed E-state index contributed by atoms with van der Waals surface area (Å²) in [5, 5.41) is 3.51. The predicted molar refractivity (Wildman–Crippen MR) is 64.4 cm³/mol. The third-order valence-corrected chi connectivity index (χ3v) is 2.68. The molecule has 0 aromatic heterocycles. The predicted octanol–water partition coefficient (Wildman–Crippen LogP) is 2.45. The van der Waals surface area contributed by atoms with Crippen LogP contribution in [0.25, 0.3) is 0 Å². The minimum atomic E-state index is 0.123. The maximum absolute atomic E-state index is 5.78. The Hall–Kier alpha value is -0.340. The van der Waals surface area contributed by atoms with Gasteiger partial charge >= 0.3 is 0 Å². The fourth-order valence-electron chi connectivity index (χ4n) is 1.50. The van der Waals surface area contributed by atoms with E-state index in [-0.39, 0.29) is 5.54 Å². The number of unbranched alkanes of at least 4 members (excludes halogenated alkanes) is 2. The molecule has 0 bridgehead atoms. The zero-order valence-corrected chi connectivity index (χ0v) is 9.81. The van der Waals surface area contributed by atoms with Crippen LogP contribution in [0.15, 0.2) is 12.7 Å². The van der Waals surface area contributed by atoms with Gasteiger partial charge in [0.25, 0.3) is 0 Å². The van der Waals surface area contributed by atoms with Gasteiger partial charge in [0.1, 0.15) is 0 Å². The van der Waals surface area contributed by atoms with Gasteiger partial charge in [0, 0.05) is 12.1 Å². The molecule has 0 rings (SSSR count). The summed E-state index contributed by atoms with van der Waals surface area (Å²) in [6, 6.07) is 0. The molecule has 0 fully saturated rings. The zero-order valence-electron chi connectivity index (χ0n) is 9.81. The van der Waals surface area contributed by atoms with Crippen LogP contribution in [0.4, 0.5) is 0 Å². The topological polar surface area (TPSA) is 38.0 Å². The molecule has 0 aliphatic carbocycles. The summed E-state index contributed by atoms with van der Waals surface area (Å²) in [6.07, 6.45) is 7.98. The van der Waals surface area contributed by atoms with Gasteiger partial charge in [0.15, 0.2) is 0 Å². The second-order valence-electron chi connectivity index (χ2n) is 4.23. The molecule has 2 heteroatoms. The molecular weight excluding hydrogens is 172 g/mol. The molecule has 0 aromatic rings. The molecule has 1 atom stereocenters. The monoisotopic (exact) mass is 198 g/mol. The number of nitrogens with two attached hydrogens (primary N) is 1. The normalized spacial score (nSPS) is 15.1. The average molecular weight is 198 g/mol. The van der Waals surface area contributed by atoms with E-state index in [4.69, 9.17) is 5.73 Å². The Morgan fingerprint density at radius 3 is 2.64 bits per heavy atom.